The quantitative estimate of drug-likeness (QED) is 0.447. The average Bonchev–Trinajstić information content (AvgIpc) is 3.29. The van der Waals surface area contributed by atoms with Crippen LogP contribution in [0.4, 0.5) is 15.8 Å². The number of nitrogens with one attached hydrogen (secondary N) is 3. The lowest BCUT2D eigenvalue weighted by atomic mass is 10.2. The van der Waals surface area contributed by atoms with E-state index in [0.29, 0.717) is 11.4 Å². The number of nitrogens with zero attached hydrogens (tertiary/aromatic N) is 3. The molecule has 2 aromatic carbocycles. The summed E-state index contributed by atoms with van der Waals surface area (Å²) in [7, 11) is -3.83. The minimum atomic E-state index is -3.83. The summed E-state index contributed by atoms with van der Waals surface area (Å²) in [6.07, 6.45) is 2.69. The molecule has 1 heterocycles. The standard InChI is InChI=1S/C20H21FN6O4S/c1-14(27-13-22-12-23-27)20(29)26-17-6-4-16(5-7-17)25-19(28)10-11-24-32(30,31)18-8-2-15(21)3-9-18/h2-9,12-14,24H,10-11H2,1H3,(H,25,28)(H,26,29). The molecule has 0 saturated carbocycles. The lowest BCUT2D eigenvalue weighted by molar-refractivity contribution is -0.119. The van der Waals surface area contributed by atoms with Gasteiger partial charge in [0.25, 0.3) is 0 Å². The van der Waals surface area contributed by atoms with Gasteiger partial charge in [-0.25, -0.2) is 27.2 Å². The lowest BCUT2D eigenvalue weighted by Gasteiger charge is -2.12. The van der Waals surface area contributed by atoms with Crippen LogP contribution < -0.4 is 15.4 Å². The molecular weight excluding hydrogens is 439 g/mol. The molecule has 168 valence electrons. The normalized spacial score (nSPS) is 12.2. The summed E-state index contributed by atoms with van der Waals surface area (Å²) < 4.78 is 40.9. The minimum absolute atomic E-state index is 0.0879. The molecule has 1 atom stereocenters. The number of aromatic nitrogens is 3. The van der Waals surface area contributed by atoms with Crippen molar-refractivity contribution in [1.82, 2.24) is 19.5 Å². The number of carbonyl (C=O) groups is 2. The Balaban J connectivity index is 1.46. The SMILES string of the molecule is CC(C(=O)Nc1ccc(NC(=O)CCNS(=O)(=O)c2ccc(F)cc2)cc1)n1cncn1. The van der Waals surface area contributed by atoms with Crippen molar-refractivity contribution in [3.05, 3.63) is 67.0 Å². The Morgan fingerprint density at radius 1 is 1.03 bits per heavy atom. The fraction of sp³-hybridized carbons (Fsp3) is 0.200. The first-order chi connectivity index (χ1) is 15.2. The maximum atomic E-state index is 12.9. The van der Waals surface area contributed by atoms with Gasteiger partial charge in [0.15, 0.2) is 0 Å². The van der Waals surface area contributed by atoms with Crippen LogP contribution in [0, 0.1) is 5.82 Å². The number of sulfonamides is 1. The van der Waals surface area contributed by atoms with Gasteiger partial charge in [-0.2, -0.15) is 5.10 Å². The molecule has 32 heavy (non-hydrogen) atoms. The van der Waals surface area contributed by atoms with E-state index >= 15 is 0 Å². The molecule has 3 rings (SSSR count). The lowest BCUT2D eigenvalue weighted by Crippen LogP contribution is -2.27. The second kappa shape index (κ2) is 10.1. The zero-order chi connectivity index (χ0) is 23.1. The van der Waals surface area contributed by atoms with Crippen LogP contribution in [-0.2, 0) is 19.6 Å². The van der Waals surface area contributed by atoms with E-state index in [0.717, 1.165) is 24.3 Å². The molecule has 3 aromatic rings. The van der Waals surface area contributed by atoms with Crippen LogP contribution in [0.2, 0.25) is 0 Å². The predicted octanol–water partition coefficient (Wildman–Crippen LogP) is 1.92. The van der Waals surface area contributed by atoms with E-state index in [1.807, 2.05) is 0 Å². The zero-order valence-electron chi connectivity index (χ0n) is 17.0. The fourth-order valence-corrected chi connectivity index (χ4v) is 3.67. The summed E-state index contributed by atoms with van der Waals surface area (Å²) in [4.78, 5) is 28.0. The largest absolute Gasteiger partial charge is 0.326 e. The molecule has 0 radical (unpaired) electrons. The first-order valence-electron chi connectivity index (χ1n) is 9.55. The first-order valence-corrected chi connectivity index (χ1v) is 11.0. The highest BCUT2D eigenvalue weighted by Crippen LogP contribution is 2.16. The molecule has 0 bridgehead atoms. The molecular formula is C20H21FN6O4S. The summed E-state index contributed by atoms with van der Waals surface area (Å²) in [6, 6.07) is 10.3. The highest BCUT2D eigenvalue weighted by Gasteiger charge is 2.16. The van der Waals surface area contributed by atoms with Gasteiger partial charge in [0.05, 0.1) is 4.90 Å². The number of hydrogen-bond acceptors (Lipinski definition) is 6. The number of halogens is 1. The monoisotopic (exact) mass is 460 g/mol. The number of carbonyl (C=O) groups excluding carboxylic acids is 2. The summed E-state index contributed by atoms with van der Waals surface area (Å²) in [5.41, 5.74) is 1.02. The Morgan fingerprint density at radius 3 is 2.25 bits per heavy atom. The molecule has 2 amide bonds. The third-order valence-electron chi connectivity index (χ3n) is 4.42. The summed E-state index contributed by atoms with van der Waals surface area (Å²) in [6.45, 7) is 1.56. The molecule has 12 heteroatoms. The van der Waals surface area contributed by atoms with Gasteiger partial charge in [-0.05, 0) is 55.5 Å². The smallest absolute Gasteiger partial charge is 0.249 e. The minimum Gasteiger partial charge on any atom is -0.326 e. The average molecular weight is 460 g/mol. The third kappa shape index (κ3) is 6.18. The van der Waals surface area contributed by atoms with Crippen LogP contribution in [-0.4, -0.2) is 41.5 Å². The second-order valence-electron chi connectivity index (χ2n) is 6.77. The van der Waals surface area contributed by atoms with Crippen LogP contribution in [0.1, 0.15) is 19.4 Å². The van der Waals surface area contributed by atoms with E-state index in [9.17, 15) is 22.4 Å². The molecule has 1 unspecified atom stereocenters. The van der Waals surface area contributed by atoms with Gasteiger partial charge in [-0.1, -0.05) is 0 Å². The van der Waals surface area contributed by atoms with E-state index in [2.05, 4.69) is 25.4 Å². The van der Waals surface area contributed by atoms with Crippen molar-refractivity contribution in [2.45, 2.75) is 24.3 Å². The summed E-state index contributed by atoms with van der Waals surface area (Å²) >= 11 is 0. The van der Waals surface area contributed by atoms with Crippen molar-refractivity contribution >= 4 is 33.2 Å². The second-order valence-corrected chi connectivity index (χ2v) is 8.53. The maximum absolute atomic E-state index is 12.9. The Morgan fingerprint density at radius 2 is 1.66 bits per heavy atom. The van der Waals surface area contributed by atoms with Gasteiger partial charge in [-0.3, -0.25) is 9.59 Å². The van der Waals surface area contributed by atoms with Crippen molar-refractivity contribution in [2.24, 2.45) is 0 Å². The van der Waals surface area contributed by atoms with E-state index in [1.54, 1.807) is 31.2 Å². The van der Waals surface area contributed by atoms with E-state index in [1.165, 1.54) is 17.3 Å². The topological polar surface area (TPSA) is 135 Å². The molecule has 1 aromatic heterocycles. The highest BCUT2D eigenvalue weighted by molar-refractivity contribution is 7.89. The molecule has 0 saturated heterocycles. The van der Waals surface area contributed by atoms with Crippen LogP contribution in [0.25, 0.3) is 0 Å². The van der Waals surface area contributed by atoms with Crippen molar-refractivity contribution in [3.63, 3.8) is 0 Å². The number of benzene rings is 2. The van der Waals surface area contributed by atoms with Crippen molar-refractivity contribution in [3.8, 4) is 0 Å². The first kappa shape index (κ1) is 23.0. The Labute approximate surface area is 183 Å². The Hall–Kier alpha value is -3.64. The van der Waals surface area contributed by atoms with Crippen LogP contribution in [0.15, 0.2) is 66.1 Å². The van der Waals surface area contributed by atoms with E-state index < -0.39 is 27.8 Å². The van der Waals surface area contributed by atoms with Crippen LogP contribution >= 0.6 is 0 Å². The zero-order valence-corrected chi connectivity index (χ0v) is 17.8. The molecule has 0 aliphatic carbocycles. The van der Waals surface area contributed by atoms with Gasteiger partial charge < -0.3 is 10.6 Å². The van der Waals surface area contributed by atoms with Gasteiger partial charge in [0.2, 0.25) is 21.8 Å². The van der Waals surface area contributed by atoms with Gasteiger partial charge in [-0.15, -0.1) is 0 Å². The van der Waals surface area contributed by atoms with Gasteiger partial charge >= 0.3 is 0 Å². The predicted molar refractivity (Wildman–Crippen MR) is 115 cm³/mol. The molecule has 0 aliphatic rings. The summed E-state index contributed by atoms with van der Waals surface area (Å²) in [5.74, 6) is -1.22. The number of anilines is 2. The molecule has 0 fully saturated rings. The van der Waals surface area contributed by atoms with E-state index in [-0.39, 0.29) is 23.8 Å². The van der Waals surface area contributed by atoms with Crippen LogP contribution in [0.3, 0.4) is 0 Å². The van der Waals surface area contributed by atoms with Crippen molar-refractivity contribution < 1.29 is 22.4 Å². The van der Waals surface area contributed by atoms with E-state index in [4.69, 9.17) is 0 Å². The number of hydrogen-bond donors (Lipinski definition) is 3. The van der Waals surface area contributed by atoms with Crippen molar-refractivity contribution in [2.75, 3.05) is 17.2 Å². The van der Waals surface area contributed by atoms with Crippen LogP contribution in [0.5, 0.6) is 0 Å². The molecule has 3 N–H and O–H groups in total. The van der Waals surface area contributed by atoms with Crippen molar-refractivity contribution in [1.29, 1.82) is 0 Å². The molecule has 0 spiro atoms. The molecule has 10 nitrogen and oxygen atoms in total. The Kier molecular flexibility index (Phi) is 7.28. The Bertz CT molecular complexity index is 1170. The maximum Gasteiger partial charge on any atom is 0.249 e. The summed E-state index contributed by atoms with van der Waals surface area (Å²) in [5, 5.41) is 9.31. The number of rotatable bonds is 9. The van der Waals surface area contributed by atoms with Gasteiger partial charge in [0.1, 0.15) is 24.5 Å². The number of amides is 2. The highest BCUT2D eigenvalue weighted by atomic mass is 32.2. The fourth-order valence-electron chi connectivity index (χ4n) is 2.64. The molecule has 0 aliphatic heterocycles. The third-order valence-corrected chi connectivity index (χ3v) is 5.89. The van der Waals surface area contributed by atoms with Gasteiger partial charge in [0, 0.05) is 24.3 Å².